The van der Waals surface area contributed by atoms with Crippen molar-refractivity contribution in [1.29, 1.82) is 0 Å². The second-order valence-corrected chi connectivity index (χ2v) is 3.73. The minimum absolute atomic E-state index is 0.210. The number of carbonyl (C=O) groups is 1. The summed E-state index contributed by atoms with van der Waals surface area (Å²) in [5, 5.41) is 2.24. The summed E-state index contributed by atoms with van der Waals surface area (Å²) in [5.41, 5.74) is 0.826. The summed E-state index contributed by atoms with van der Waals surface area (Å²) in [7, 11) is 1.37. The Balaban J connectivity index is 2.54. The monoisotopic (exact) mass is 235 g/mol. The Kier molecular flexibility index (Phi) is 3.06. The zero-order valence-corrected chi connectivity index (χ0v) is 9.49. The molecule has 16 heavy (non-hydrogen) atoms. The second kappa shape index (κ2) is 4.49. The lowest BCUT2D eigenvalue weighted by Gasteiger charge is -2.05. The van der Waals surface area contributed by atoms with E-state index in [1.165, 1.54) is 7.11 Å². The van der Waals surface area contributed by atoms with Crippen LogP contribution < -0.4 is 0 Å². The van der Waals surface area contributed by atoms with Crippen molar-refractivity contribution in [2.24, 2.45) is 0 Å². The molecule has 0 amide bonds. The van der Waals surface area contributed by atoms with E-state index in [4.69, 9.17) is 11.6 Å². The predicted molar refractivity (Wildman–Crippen MR) is 62.5 cm³/mol. The van der Waals surface area contributed by atoms with Gasteiger partial charge in [-0.25, -0.2) is 4.98 Å². The lowest BCUT2D eigenvalue weighted by molar-refractivity contribution is -0.139. The minimum Gasteiger partial charge on any atom is -0.469 e. The fourth-order valence-electron chi connectivity index (χ4n) is 1.59. The predicted octanol–water partition coefficient (Wildman–Crippen LogP) is 2.60. The van der Waals surface area contributed by atoms with Crippen LogP contribution in [0.1, 0.15) is 5.56 Å². The molecule has 1 aromatic heterocycles. The molecule has 0 aliphatic heterocycles. The van der Waals surface area contributed by atoms with Crippen molar-refractivity contribution < 1.29 is 9.53 Å². The summed E-state index contributed by atoms with van der Waals surface area (Å²) >= 11 is 5.97. The number of rotatable bonds is 2. The molecule has 3 nitrogen and oxygen atoms in total. The van der Waals surface area contributed by atoms with Crippen LogP contribution in [0, 0.1) is 0 Å². The van der Waals surface area contributed by atoms with Crippen LogP contribution in [-0.2, 0) is 16.0 Å². The first-order valence-corrected chi connectivity index (χ1v) is 5.19. The molecule has 4 heteroatoms. The molecule has 0 atom stereocenters. The maximum absolute atomic E-state index is 11.2. The quantitative estimate of drug-likeness (QED) is 0.593. The number of benzene rings is 1. The molecule has 0 bridgehead atoms. The number of hydrogen-bond donors (Lipinski definition) is 0. The van der Waals surface area contributed by atoms with Crippen LogP contribution in [0.4, 0.5) is 0 Å². The van der Waals surface area contributed by atoms with Gasteiger partial charge in [-0.3, -0.25) is 4.79 Å². The molecule has 0 saturated heterocycles. The highest BCUT2D eigenvalue weighted by Gasteiger charge is 2.09. The highest BCUT2D eigenvalue weighted by molar-refractivity contribution is 6.34. The lowest BCUT2D eigenvalue weighted by atomic mass is 10.1. The molecule has 0 aliphatic carbocycles. The Bertz CT molecular complexity index is 540. The van der Waals surface area contributed by atoms with Gasteiger partial charge in [0.05, 0.1) is 13.5 Å². The normalized spacial score (nSPS) is 10.4. The van der Waals surface area contributed by atoms with E-state index >= 15 is 0 Å². The fourth-order valence-corrected chi connectivity index (χ4v) is 1.80. The molecule has 0 saturated carbocycles. The Morgan fingerprint density at radius 2 is 2.06 bits per heavy atom. The van der Waals surface area contributed by atoms with E-state index in [1.807, 2.05) is 24.3 Å². The lowest BCUT2D eigenvalue weighted by Crippen LogP contribution is -2.05. The Morgan fingerprint density at radius 1 is 1.38 bits per heavy atom. The second-order valence-electron chi connectivity index (χ2n) is 3.37. The van der Waals surface area contributed by atoms with Crippen LogP contribution >= 0.6 is 11.6 Å². The first-order chi connectivity index (χ1) is 7.72. The Hall–Kier alpha value is -1.61. The van der Waals surface area contributed by atoms with Crippen LogP contribution in [0.25, 0.3) is 10.8 Å². The third-order valence-electron chi connectivity index (χ3n) is 2.39. The summed E-state index contributed by atoms with van der Waals surface area (Å²) in [4.78, 5) is 15.3. The summed E-state index contributed by atoms with van der Waals surface area (Å²) in [6.45, 7) is 0. The largest absolute Gasteiger partial charge is 0.469 e. The molecular weight excluding hydrogens is 226 g/mol. The molecule has 0 unspecified atom stereocenters. The van der Waals surface area contributed by atoms with Crippen molar-refractivity contribution in [3.8, 4) is 0 Å². The number of pyridine rings is 1. The average molecular weight is 236 g/mol. The van der Waals surface area contributed by atoms with Crippen LogP contribution in [0.5, 0.6) is 0 Å². The first kappa shape index (κ1) is 10.9. The number of methoxy groups -OCH3 is 1. The number of ether oxygens (including phenoxy) is 1. The van der Waals surface area contributed by atoms with Gasteiger partial charge in [-0.1, -0.05) is 35.9 Å². The number of aromatic nitrogens is 1. The number of fused-ring (bicyclic) bond motifs is 1. The summed E-state index contributed by atoms with van der Waals surface area (Å²) in [6.07, 6.45) is 1.82. The van der Waals surface area contributed by atoms with Crippen LogP contribution in [-0.4, -0.2) is 18.1 Å². The average Bonchev–Trinajstić information content (AvgIpc) is 2.33. The minimum atomic E-state index is -0.283. The van der Waals surface area contributed by atoms with Crippen molar-refractivity contribution in [3.63, 3.8) is 0 Å². The third kappa shape index (κ3) is 1.99. The zero-order chi connectivity index (χ0) is 11.5. The van der Waals surface area contributed by atoms with Gasteiger partial charge >= 0.3 is 5.97 Å². The SMILES string of the molecule is COC(=O)Cc1cnc(Cl)c2ccccc12. The van der Waals surface area contributed by atoms with Gasteiger partial charge in [0.25, 0.3) is 0 Å². The molecule has 1 heterocycles. The van der Waals surface area contributed by atoms with Gasteiger partial charge in [0, 0.05) is 11.6 Å². The number of esters is 1. The van der Waals surface area contributed by atoms with Crippen molar-refractivity contribution >= 4 is 28.3 Å². The molecule has 82 valence electrons. The van der Waals surface area contributed by atoms with Crippen LogP contribution in [0.2, 0.25) is 5.15 Å². The highest BCUT2D eigenvalue weighted by atomic mass is 35.5. The molecule has 0 radical (unpaired) electrons. The summed E-state index contributed by atoms with van der Waals surface area (Å²) in [5.74, 6) is -0.283. The number of hydrogen-bond acceptors (Lipinski definition) is 3. The van der Waals surface area contributed by atoms with Crippen molar-refractivity contribution in [3.05, 3.63) is 41.2 Å². The van der Waals surface area contributed by atoms with Crippen molar-refractivity contribution in [2.75, 3.05) is 7.11 Å². The number of nitrogens with zero attached hydrogens (tertiary/aromatic N) is 1. The van der Waals surface area contributed by atoms with E-state index in [2.05, 4.69) is 9.72 Å². The van der Waals surface area contributed by atoms with Crippen molar-refractivity contribution in [2.45, 2.75) is 6.42 Å². The molecule has 0 N–H and O–H groups in total. The fraction of sp³-hybridized carbons (Fsp3) is 0.167. The first-order valence-electron chi connectivity index (χ1n) is 4.81. The molecule has 1 aromatic carbocycles. The smallest absolute Gasteiger partial charge is 0.310 e. The van der Waals surface area contributed by atoms with E-state index in [0.29, 0.717) is 5.15 Å². The maximum Gasteiger partial charge on any atom is 0.310 e. The van der Waals surface area contributed by atoms with E-state index in [0.717, 1.165) is 16.3 Å². The van der Waals surface area contributed by atoms with E-state index in [9.17, 15) is 4.79 Å². The summed E-state index contributed by atoms with van der Waals surface area (Å²) in [6, 6.07) is 7.59. The van der Waals surface area contributed by atoms with Gasteiger partial charge in [0.2, 0.25) is 0 Å². The molecule has 2 rings (SSSR count). The highest BCUT2D eigenvalue weighted by Crippen LogP contribution is 2.24. The Labute approximate surface area is 98.0 Å². The zero-order valence-electron chi connectivity index (χ0n) is 8.74. The maximum atomic E-state index is 11.2. The molecular formula is C12H10ClNO2. The van der Waals surface area contributed by atoms with Gasteiger partial charge in [-0.2, -0.15) is 0 Å². The van der Waals surface area contributed by atoms with Gasteiger partial charge in [0.1, 0.15) is 5.15 Å². The molecule has 0 aliphatic rings. The van der Waals surface area contributed by atoms with Gasteiger partial charge < -0.3 is 4.74 Å². The van der Waals surface area contributed by atoms with E-state index in [-0.39, 0.29) is 12.4 Å². The topological polar surface area (TPSA) is 39.2 Å². The number of carbonyl (C=O) groups excluding carboxylic acids is 1. The van der Waals surface area contributed by atoms with E-state index < -0.39 is 0 Å². The third-order valence-corrected chi connectivity index (χ3v) is 2.69. The Morgan fingerprint density at radius 3 is 2.75 bits per heavy atom. The van der Waals surface area contributed by atoms with E-state index in [1.54, 1.807) is 6.20 Å². The van der Waals surface area contributed by atoms with Gasteiger partial charge in [-0.05, 0) is 10.9 Å². The molecule has 0 fully saturated rings. The molecule has 2 aromatic rings. The van der Waals surface area contributed by atoms with Gasteiger partial charge in [0.15, 0.2) is 0 Å². The van der Waals surface area contributed by atoms with Crippen LogP contribution in [0.3, 0.4) is 0 Å². The summed E-state index contributed by atoms with van der Waals surface area (Å²) < 4.78 is 4.63. The van der Waals surface area contributed by atoms with Crippen molar-refractivity contribution in [1.82, 2.24) is 4.98 Å². The number of halogens is 1. The van der Waals surface area contributed by atoms with Crippen LogP contribution in [0.15, 0.2) is 30.5 Å². The standard InChI is InChI=1S/C12H10ClNO2/c1-16-11(15)6-8-7-14-12(13)10-5-3-2-4-9(8)10/h2-5,7H,6H2,1H3. The van der Waals surface area contributed by atoms with Gasteiger partial charge in [-0.15, -0.1) is 0 Å². The molecule has 0 spiro atoms.